The van der Waals surface area contributed by atoms with Crippen LogP contribution in [0.5, 0.6) is 5.75 Å². The number of hydrogen-bond acceptors (Lipinski definition) is 6. The van der Waals surface area contributed by atoms with Crippen molar-refractivity contribution < 1.29 is 14.5 Å². The first kappa shape index (κ1) is 19.5. The first-order chi connectivity index (χ1) is 13.3. The van der Waals surface area contributed by atoms with Crippen LogP contribution in [0.2, 0.25) is 0 Å². The number of ether oxygens (including phenoxy) is 1. The Morgan fingerprint density at radius 1 is 1.18 bits per heavy atom. The molecule has 3 aromatic rings. The first-order valence-corrected chi connectivity index (χ1v) is 9.42. The number of aryl methyl sites for hydroxylation is 3. The van der Waals surface area contributed by atoms with Gasteiger partial charge in [0, 0.05) is 22.7 Å². The van der Waals surface area contributed by atoms with Crippen molar-refractivity contribution in [3.8, 4) is 16.3 Å². The third-order valence-corrected chi connectivity index (χ3v) is 5.18. The Bertz CT molecular complexity index is 1030. The molecule has 0 radical (unpaired) electrons. The number of benzene rings is 2. The lowest BCUT2D eigenvalue weighted by Gasteiger charge is -2.10. The van der Waals surface area contributed by atoms with Crippen molar-refractivity contribution in [1.29, 1.82) is 0 Å². The molecule has 0 aliphatic rings. The van der Waals surface area contributed by atoms with Gasteiger partial charge < -0.3 is 10.1 Å². The molecule has 28 heavy (non-hydrogen) atoms. The minimum atomic E-state index is -0.512. The highest BCUT2D eigenvalue weighted by Crippen LogP contribution is 2.28. The molecule has 1 N–H and O–H groups in total. The van der Waals surface area contributed by atoms with Crippen LogP contribution in [0.3, 0.4) is 0 Å². The molecular formula is C20H19N3O4S. The van der Waals surface area contributed by atoms with E-state index in [2.05, 4.69) is 10.3 Å². The summed E-state index contributed by atoms with van der Waals surface area (Å²) in [5, 5.41) is 16.7. The van der Waals surface area contributed by atoms with Gasteiger partial charge in [-0.25, -0.2) is 4.98 Å². The lowest BCUT2D eigenvalue weighted by Crippen LogP contribution is -2.21. The lowest BCUT2D eigenvalue weighted by molar-refractivity contribution is -0.384. The van der Waals surface area contributed by atoms with E-state index in [9.17, 15) is 14.9 Å². The number of thiazole rings is 1. The Balaban J connectivity index is 1.63. The number of rotatable bonds is 6. The zero-order valence-corrected chi connectivity index (χ0v) is 16.5. The number of carbonyl (C=O) groups is 1. The molecule has 0 bridgehead atoms. The van der Waals surface area contributed by atoms with E-state index < -0.39 is 10.8 Å². The average molecular weight is 397 g/mol. The van der Waals surface area contributed by atoms with Gasteiger partial charge in [0.15, 0.2) is 6.61 Å². The van der Waals surface area contributed by atoms with Crippen LogP contribution in [-0.2, 0) is 4.79 Å². The van der Waals surface area contributed by atoms with Gasteiger partial charge in [0.2, 0.25) is 0 Å². The number of nitrogens with zero attached hydrogens (tertiary/aromatic N) is 2. The highest BCUT2D eigenvalue weighted by atomic mass is 32.1. The van der Waals surface area contributed by atoms with Gasteiger partial charge in [-0.05, 0) is 62.2 Å². The van der Waals surface area contributed by atoms with Gasteiger partial charge >= 0.3 is 0 Å². The number of anilines is 1. The number of nitrogens with one attached hydrogen (secondary N) is 1. The molecule has 0 spiro atoms. The third-order valence-electron chi connectivity index (χ3n) is 4.17. The number of carbonyl (C=O) groups excluding carboxylic acids is 1. The highest BCUT2D eigenvalue weighted by molar-refractivity contribution is 7.13. The van der Waals surface area contributed by atoms with E-state index in [-0.39, 0.29) is 18.0 Å². The largest absolute Gasteiger partial charge is 0.484 e. The van der Waals surface area contributed by atoms with E-state index >= 15 is 0 Å². The summed E-state index contributed by atoms with van der Waals surface area (Å²) in [5.74, 6) is 0.0627. The molecule has 144 valence electrons. The van der Waals surface area contributed by atoms with E-state index in [0.29, 0.717) is 5.75 Å². The minimum absolute atomic E-state index is 0.139. The van der Waals surface area contributed by atoms with Crippen LogP contribution in [-0.4, -0.2) is 22.4 Å². The van der Waals surface area contributed by atoms with Crippen molar-refractivity contribution in [3.63, 3.8) is 0 Å². The summed E-state index contributed by atoms with van der Waals surface area (Å²) in [6.45, 7) is 5.31. The Labute approximate surface area is 166 Å². The number of aromatic nitrogens is 1. The molecule has 0 saturated heterocycles. The van der Waals surface area contributed by atoms with Crippen LogP contribution in [0, 0.1) is 30.9 Å². The predicted molar refractivity (Wildman–Crippen MR) is 109 cm³/mol. The van der Waals surface area contributed by atoms with Crippen LogP contribution in [0.1, 0.15) is 16.8 Å². The molecule has 2 aromatic carbocycles. The third kappa shape index (κ3) is 4.52. The lowest BCUT2D eigenvalue weighted by atomic mass is 10.1. The monoisotopic (exact) mass is 397 g/mol. The summed E-state index contributed by atoms with van der Waals surface area (Å²) in [7, 11) is 0. The maximum absolute atomic E-state index is 12.2. The van der Waals surface area contributed by atoms with Gasteiger partial charge in [0.1, 0.15) is 16.4 Å². The van der Waals surface area contributed by atoms with Gasteiger partial charge in [-0.15, -0.1) is 11.3 Å². The molecule has 0 unspecified atom stereocenters. The molecule has 3 rings (SSSR count). The smallest absolute Gasteiger partial charge is 0.293 e. The predicted octanol–water partition coefficient (Wildman–Crippen LogP) is 4.66. The average Bonchev–Trinajstić information content (AvgIpc) is 3.09. The highest BCUT2D eigenvalue weighted by Gasteiger charge is 2.17. The summed E-state index contributed by atoms with van der Waals surface area (Å²) >= 11 is 1.56. The summed E-state index contributed by atoms with van der Waals surface area (Å²) < 4.78 is 5.49. The molecule has 7 nitrogen and oxygen atoms in total. The van der Waals surface area contributed by atoms with Crippen molar-refractivity contribution in [2.75, 3.05) is 11.9 Å². The summed E-state index contributed by atoms with van der Waals surface area (Å²) in [6, 6.07) is 10.3. The molecule has 0 fully saturated rings. The van der Waals surface area contributed by atoms with Gasteiger partial charge in [-0.2, -0.15) is 0 Å². The van der Waals surface area contributed by atoms with E-state index in [4.69, 9.17) is 4.74 Å². The molecule has 0 saturated carbocycles. The molecule has 0 aliphatic carbocycles. The van der Waals surface area contributed by atoms with Crippen LogP contribution in [0.4, 0.5) is 11.4 Å². The van der Waals surface area contributed by atoms with E-state index in [1.54, 1.807) is 36.5 Å². The van der Waals surface area contributed by atoms with Gasteiger partial charge in [0.05, 0.1) is 4.92 Å². The number of amides is 1. The van der Waals surface area contributed by atoms with Gasteiger partial charge in [-0.1, -0.05) is 0 Å². The topological polar surface area (TPSA) is 94.4 Å². The van der Waals surface area contributed by atoms with Crippen molar-refractivity contribution >= 4 is 28.6 Å². The van der Waals surface area contributed by atoms with Gasteiger partial charge in [0.25, 0.3) is 11.6 Å². The molecule has 1 heterocycles. The Kier molecular flexibility index (Phi) is 5.70. The number of nitro benzene ring substituents is 1. The second-order valence-electron chi connectivity index (χ2n) is 6.37. The Morgan fingerprint density at radius 2 is 1.86 bits per heavy atom. The van der Waals surface area contributed by atoms with E-state index in [0.717, 1.165) is 27.4 Å². The van der Waals surface area contributed by atoms with Crippen LogP contribution in [0.25, 0.3) is 10.6 Å². The van der Waals surface area contributed by atoms with Crippen molar-refractivity contribution in [2.24, 2.45) is 0 Å². The molecule has 8 heteroatoms. The maximum Gasteiger partial charge on any atom is 0.293 e. The summed E-state index contributed by atoms with van der Waals surface area (Å²) in [5.41, 5.74) is 3.61. The second-order valence-corrected chi connectivity index (χ2v) is 7.22. The zero-order valence-electron chi connectivity index (χ0n) is 15.7. The van der Waals surface area contributed by atoms with E-state index in [1.807, 2.05) is 31.4 Å². The fourth-order valence-corrected chi connectivity index (χ4v) is 3.37. The van der Waals surface area contributed by atoms with Crippen molar-refractivity contribution in [2.45, 2.75) is 20.8 Å². The summed E-state index contributed by atoms with van der Waals surface area (Å²) in [6.07, 6.45) is 0. The van der Waals surface area contributed by atoms with Gasteiger partial charge in [-0.3, -0.25) is 14.9 Å². The number of nitro groups is 1. The molecule has 1 amide bonds. The van der Waals surface area contributed by atoms with Crippen molar-refractivity contribution in [1.82, 2.24) is 4.98 Å². The molecular weight excluding hydrogens is 378 g/mol. The Morgan fingerprint density at radius 3 is 2.46 bits per heavy atom. The first-order valence-electron chi connectivity index (χ1n) is 8.54. The number of hydrogen-bond donors (Lipinski definition) is 1. The zero-order chi connectivity index (χ0) is 20.3. The fourth-order valence-electron chi connectivity index (χ4n) is 2.57. The van der Waals surface area contributed by atoms with E-state index in [1.165, 1.54) is 6.07 Å². The molecule has 0 atom stereocenters. The normalized spacial score (nSPS) is 10.5. The maximum atomic E-state index is 12.2. The standard InChI is InChI=1S/C20H19N3O4S/c1-12-8-17(18(23(25)26)9-13(12)2)22-19(24)10-27-16-6-4-15(5-7-16)20-21-14(3)11-28-20/h4-9,11H,10H2,1-3H3,(H,22,24). The SMILES string of the molecule is Cc1csc(-c2ccc(OCC(=O)Nc3cc(C)c(C)cc3[N+](=O)[O-])cc2)n1. The van der Waals surface area contributed by atoms with Crippen LogP contribution < -0.4 is 10.1 Å². The molecule has 0 aliphatic heterocycles. The summed E-state index contributed by atoms with van der Waals surface area (Å²) in [4.78, 5) is 27.3. The quantitative estimate of drug-likeness (QED) is 0.482. The molecule has 1 aromatic heterocycles. The second kappa shape index (κ2) is 8.18. The minimum Gasteiger partial charge on any atom is -0.484 e. The van der Waals surface area contributed by atoms with Crippen LogP contribution >= 0.6 is 11.3 Å². The van der Waals surface area contributed by atoms with Crippen LogP contribution in [0.15, 0.2) is 41.8 Å². The fraction of sp³-hybridized carbons (Fsp3) is 0.200. The Hall–Kier alpha value is -3.26. The van der Waals surface area contributed by atoms with Crippen molar-refractivity contribution in [3.05, 3.63) is 68.7 Å².